The maximum Gasteiger partial charge on any atom is 0.244 e. The summed E-state index contributed by atoms with van der Waals surface area (Å²) in [6.45, 7) is 2.82. The van der Waals surface area contributed by atoms with Crippen LogP contribution in [0.3, 0.4) is 0 Å². The van der Waals surface area contributed by atoms with Crippen LogP contribution in [0, 0.1) is 0 Å². The third kappa shape index (κ3) is 4.70. The first-order valence-corrected chi connectivity index (χ1v) is 7.02. The van der Waals surface area contributed by atoms with Crippen LogP contribution in [0.15, 0.2) is 30.3 Å². The van der Waals surface area contributed by atoms with E-state index in [0.29, 0.717) is 0 Å². The van der Waals surface area contributed by atoms with Gasteiger partial charge in [-0.15, -0.1) is 0 Å². The Balaban J connectivity index is 1.79. The summed E-state index contributed by atoms with van der Waals surface area (Å²) in [5, 5.41) is 12.3. The average molecular weight is 275 g/mol. The number of carbonyl (C=O) groups is 1. The molecule has 1 aromatic carbocycles. The molecule has 0 bridgehead atoms. The lowest BCUT2D eigenvalue weighted by Crippen LogP contribution is -2.33. The first-order chi connectivity index (χ1) is 9.63. The van der Waals surface area contributed by atoms with Crippen molar-refractivity contribution in [2.75, 3.05) is 6.61 Å². The zero-order valence-electron chi connectivity index (χ0n) is 11.7. The van der Waals surface area contributed by atoms with Crippen LogP contribution in [-0.4, -0.2) is 29.8 Å². The van der Waals surface area contributed by atoms with Gasteiger partial charge in [-0.3, -0.25) is 4.79 Å². The van der Waals surface area contributed by atoms with Crippen molar-refractivity contribution >= 4 is 12.0 Å². The predicted molar refractivity (Wildman–Crippen MR) is 78.3 cm³/mol. The molecule has 0 radical (unpaired) electrons. The maximum atomic E-state index is 11.8. The third-order valence-corrected chi connectivity index (χ3v) is 3.33. The van der Waals surface area contributed by atoms with Gasteiger partial charge in [0, 0.05) is 18.7 Å². The van der Waals surface area contributed by atoms with Gasteiger partial charge in [0.1, 0.15) is 5.75 Å². The molecule has 0 aromatic heterocycles. The Morgan fingerprint density at radius 3 is 3.15 bits per heavy atom. The first-order valence-electron chi connectivity index (χ1n) is 7.02. The lowest BCUT2D eigenvalue weighted by atomic mass is 10.1. The largest absolute Gasteiger partial charge is 0.508 e. The molecule has 1 heterocycles. The van der Waals surface area contributed by atoms with Gasteiger partial charge in [-0.25, -0.2) is 0 Å². The second-order valence-electron chi connectivity index (χ2n) is 5.21. The van der Waals surface area contributed by atoms with E-state index in [1.165, 1.54) is 6.08 Å². The van der Waals surface area contributed by atoms with E-state index in [-0.39, 0.29) is 23.8 Å². The van der Waals surface area contributed by atoms with E-state index in [2.05, 4.69) is 5.32 Å². The average Bonchev–Trinajstić information content (AvgIpc) is 2.89. The molecule has 108 valence electrons. The minimum atomic E-state index is -0.126. The Kier molecular flexibility index (Phi) is 5.18. The Hall–Kier alpha value is -1.81. The molecule has 4 nitrogen and oxygen atoms in total. The molecule has 20 heavy (non-hydrogen) atoms. The molecule has 2 N–H and O–H groups in total. The van der Waals surface area contributed by atoms with Crippen LogP contribution in [0.25, 0.3) is 6.08 Å². The van der Waals surface area contributed by atoms with E-state index < -0.39 is 0 Å². The molecule has 2 atom stereocenters. The van der Waals surface area contributed by atoms with Gasteiger partial charge in [0.05, 0.1) is 6.10 Å². The zero-order chi connectivity index (χ0) is 14.4. The van der Waals surface area contributed by atoms with Gasteiger partial charge in [-0.05, 0) is 50.0 Å². The fourth-order valence-electron chi connectivity index (χ4n) is 2.37. The molecule has 1 fully saturated rings. The van der Waals surface area contributed by atoms with E-state index >= 15 is 0 Å². The number of aromatic hydroxyl groups is 1. The fraction of sp³-hybridized carbons (Fsp3) is 0.438. The third-order valence-electron chi connectivity index (χ3n) is 3.33. The lowest BCUT2D eigenvalue weighted by Gasteiger charge is -2.16. The van der Waals surface area contributed by atoms with Crippen molar-refractivity contribution < 1.29 is 14.6 Å². The number of benzene rings is 1. The van der Waals surface area contributed by atoms with E-state index in [1.807, 2.05) is 13.0 Å². The molecule has 0 aliphatic carbocycles. The van der Waals surface area contributed by atoms with Crippen molar-refractivity contribution in [3.8, 4) is 5.75 Å². The van der Waals surface area contributed by atoms with Crippen molar-refractivity contribution in [1.82, 2.24) is 5.32 Å². The van der Waals surface area contributed by atoms with E-state index in [9.17, 15) is 9.90 Å². The van der Waals surface area contributed by atoms with Crippen LogP contribution in [0.4, 0.5) is 0 Å². The molecule has 1 aromatic rings. The number of rotatable bonds is 5. The molecule has 0 saturated carbocycles. The molecule has 1 aliphatic rings. The Labute approximate surface area is 119 Å². The molecular weight excluding hydrogens is 254 g/mol. The molecule has 2 rings (SSSR count). The van der Waals surface area contributed by atoms with Crippen molar-refractivity contribution in [1.29, 1.82) is 0 Å². The number of carbonyl (C=O) groups excluding carboxylic acids is 1. The highest BCUT2D eigenvalue weighted by atomic mass is 16.5. The standard InChI is InChI=1S/C16H21NO3/c1-12(10-15-6-3-9-20-15)17-16(19)8-7-13-4-2-5-14(18)11-13/h2,4-5,7-8,11-12,15,18H,3,6,9-10H2,1H3,(H,17,19)/b8-7+. The Morgan fingerprint density at radius 2 is 2.45 bits per heavy atom. The van der Waals surface area contributed by atoms with Crippen molar-refractivity contribution in [3.63, 3.8) is 0 Å². The normalized spacial score (nSPS) is 20.1. The molecular formula is C16H21NO3. The summed E-state index contributed by atoms with van der Waals surface area (Å²) >= 11 is 0. The molecule has 4 heteroatoms. The summed E-state index contributed by atoms with van der Waals surface area (Å²) in [5.74, 6) is 0.0677. The van der Waals surface area contributed by atoms with Gasteiger partial charge in [0.15, 0.2) is 0 Å². The number of amides is 1. The van der Waals surface area contributed by atoms with Gasteiger partial charge in [-0.2, -0.15) is 0 Å². The van der Waals surface area contributed by atoms with Gasteiger partial charge < -0.3 is 15.2 Å². The molecule has 0 spiro atoms. The van der Waals surface area contributed by atoms with Crippen LogP contribution < -0.4 is 5.32 Å². The van der Waals surface area contributed by atoms with Crippen LogP contribution in [0.2, 0.25) is 0 Å². The van der Waals surface area contributed by atoms with Gasteiger partial charge >= 0.3 is 0 Å². The monoisotopic (exact) mass is 275 g/mol. The first kappa shape index (κ1) is 14.6. The van der Waals surface area contributed by atoms with Gasteiger partial charge in [-0.1, -0.05) is 12.1 Å². The topological polar surface area (TPSA) is 58.6 Å². The second kappa shape index (κ2) is 7.10. The summed E-state index contributed by atoms with van der Waals surface area (Å²) in [7, 11) is 0. The second-order valence-corrected chi connectivity index (χ2v) is 5.21. The fourth-order valence-corrected chi connectivity index (χ4v) is 2.37. The maximum absolute atomic E-state index is 11.8. The molecule has 1 aliphatic heterocycles. The number of ether oxygens (including phenoxy) is 1. The Bertz CT molecular complexity index is 478. The summed E-state index contributed by atoms with van der Waals surface area (Å²) in [6.07, 6.45) is 6.50. The van der Waals surface area contributed by atoms with Crippen molar-refractivity contribution in [2.24, 2.45) is 0 Å². The highest BCUT2D eigenvalue weighted by Crippen LogP contribution is 2.17. The number of phenols is 1. The highest BCUT2D eigenvalue weighted by molar-refractivity contribution is 5.91. The van der Waals surface area contributed by atoms with Crippen LogP contribution >= 0.6 is 0 Å². The minimum Gasteiger partial charge on any atom is -0.508 e. The SMILES string of the molecule is CC(CC1CCCO1)NC(=O)/C=C/c1cccc(O)c1. The van der Waals surface area contributed by atoms with Crippen LogP contribution in [0.5, 0.6) is 5.75 Å². The summed E-state index contributed by atoms with van der Waals surface area (Å²) in [5.41, 5.74) is 0.798. The smallest absolute Gasteiger partial charge is 0.244 e. The summed E-state index contributed by atoms with van der Waals surface area (Å²) in [6, 6.07) is 6.88. The molecule has 1 saturated heterocycles. The van der Waals surface area contributed by atoms with Gasteiger partial charge in [0.2, 0.25) is 5.91 Å². The summed E-state index contributed by atoms with van der Waals surface area (Å²) < 4.78 is 5.55. The van der Waals surface area contributed by atoms with E-state index in [4.69, 9.17) is 4.74 Å². The number of hydrogen-bond acceptors (Lipinski definition) is 3. The minimum absolute atomic E-state index is 0.0967. The van der Waals surface area contributed by atoms with E-state index in [1.54, 1.807) is 24.3 Å². The number of hydrogen-bond donors (Lipinski definition) is 2. The van der Waals surface area contributed by atoms with Crippen molar-refractivity contribution in [2.45, 2.75) is 38.3 Å². The van der Waals surface area contributed by atoms with Crippen molar-refractivity contribution in [3.05, 3.63) is 35.9 Å². The molecule has 2 unspecified atom stereocenters. The summed E-state index contributed by atoms with van der Waals surface area (Å²) in [4.78, 5) is 11.8. The highest BCUT2D eigenvalue weighted by Gasteiger charge is 2.18. The quantitative estimate of drug-likeness (QED) is 0.812. The number of nitrogens with one attached hydrogen (secondary N) is 1. The zero-order valence-corrected chi connectivity index (χ0v) is 11.7. The number of phenolic OH excluding ortho intramolecular Hbond substituents is 1. The lowest BCUT2D eigenvalue weighted by molar-refractivity contribution is -0.117. The molecule has 1 amide bonds. The van der Waals surface area contributed by atoms with E-state index in [0.717, 1.165) is 31.4 Å². The van der Waals surface area contributed by atoms with Crippen LogP contribution in [0.1, 0.15) is 31.7 Å². The Morgan fingerprint density at radius 1 is 1.60 bits per heavy atom. The predicted octanol–water partition coefficient (Wildman–Crippen LogP) is 2.48. The van der Waals surface area contributed by atoms with Crippen LogP contribution in [-0.2, 0) is 9.53 Å². The van der Waals surface area contributed by atoms with Gasteiger partial charge in [0.25, 0.3) is 0 Å².